The van der Waals surface area contributed by atoms with Gasteiger partial charge in [0.1, 0.15) is 17.3 Å². The fourth-order valence-corrected chi connectivity index (χ4v) is 4.09. The summed E-state index contributed by atoms with van der Waals surface area (Å²) in [5.41, 5.74) is 0.290. The Balaban J connectivity index is 1.52. The predicted octanol–water partition coefficient (Wildman–Crippen LogP) is 2.87. The van der Waals surface area contributed by atoms with Crippen molar-refractivity contribution in [3.63, 3.8) is 0 Å². The van der Waals surface area contributed by atoms with E-state index >= 15 is 0 Å². The first kappa shape index (κ1) is 27.5. The zero-order valence-electron chi connectivity index (χ0n) is 21.3. The van der Waals surface area contributed by atoms with E-state index in [0.29, 0.717) is 37.0 Å². The molecule has 0 aliphatic carbocycles. The fraction of sp³-hybridized carbons (Fsp3) is 0.269. The summed E-state index contributed by atoms with van der Waals surface area (Å²) in [5, 5.41) is 5.67. The van der Waals surface area contributed by atoms with Crippen molar-refractivity contribution < 1.29 is 23.9 Å². The van der Waals surface area contributed by atoms with Crippen molar-refractivity contribution in [3.8, 4) is 0 Å². The molecule has 0 saturated carbocycles. The average Bonchev–Trinajstić information content (AvgIpc) is 3.20. The third-order valence-corrected chi connectivity index (χ3v) is 6.26. The number of aromatic nitrogens is 3. The SMILES string of the molecule is COC(=O)c1ccc(C(=O)Nc2ccc(Cl)cn2)c(NC(=O)c2cnc(N3CCCN(C(C)=O)CC3)cn2)c1. The number of ether oxygens (including phenoxy) is 1. The number of anilines is 3. The summed E-state index contributed by atoms with van der Waals surface area (Å²) in [6.45, 7) is 4.10. The molecular weight excluding hydrogens is 526 g/mol. The summed E-state index contributed by atoms with van der Waals surface area (Å²) in [6.07, 6.45) is 4.99. The number of esters is 1. The van der Waals surface area contributed by atoms with Gasteiger partial charge in [0, 0.05) is 39.3 Å². The molecule has 0 atom stereocenters. The molecule has 1 saturated heterocycles. The molecule has 1 fully saturated rings. The lowest BCUT2D eigenvalue weighted by molar-refractivity contribution is -0.128. The second kappa shape index (κ2) is 12.3. The van der Waals surface area contributed by atoms with Gasteiger partial charge in [-0.3, -0.25) is 14.4 Å². The van der Waals surface area contributed by atoms with Crippen LogP contribution in [0.5, 0.6) is 0 Å². The van der Waals surface area contributed by atoms with Gasteiger partial charge in [0.05, 0.1) is 41.3 Å². The van der Waals surface area contributed by atoms with Crippen LogP contribution in [-0.4, -0.2) is 76.8 Å². The standard InChI is InChI=1S/C26H26ClN7O5/c1-16(35)33-8-3-9-34(11-10-33)23-15-28-21(14-30-23)25(37)31-20-12-17(26(38)39-2)4-6-19(20)24(36)32-22-7-5-18(27)13-29-22/h4-7,12-15H,3,8-11H2,1-2H3,(H,31,37)(H,29,32,36). The summed E-state index contributed by atoms with van der Waals surface area (Å²) in [5.74, 6) is -0.974. The molecule has 3 aromatic rings. The summed E-state index contributed by atoms with van der Waals surface area (Å²) in [4.78, 5) is 66.3. The van der Waals surface area contributed by atoms with Crippen LogP contribution in [-0.2, 0) is 9.53 Å². The largest absolute Gasteiger partial charge is 0.465 e. The summed E-state index contributed by atoms with van der Waals surface area (Å²) in [6, 6.07) is 7.24. The molecule has 202 valence electrons. The maximum atomic E-state index is 13.0. The zero-order valence-corrected chi connectivity index (χ0v) is 22.1. The molecule has 12 nitrogen and oxygen atoms in total. The van der Waals surface area contributed by atoms with E-state index in [1.807, 2.05) is 4.90 Å². The molecule has 0 radical (unpaired) electrons. The van der Waals surface area contributed by atoms with Crippen molar-refractivity contribution in [3.05, 3.63) is 70.8 Å². The molecule has 2 N–H and O–H groups in total. The summed E-state index contributed by atoms with van der Waals surface area (Å²) >= 11 is 5.85. The number of nitrogens with one attached hydrogen (secondary N) is 2. The van der Waals surface area contributed by atoms with Gasteiger partial charge in [0.15, 0.2) is 0 Å². The van der Waals surface area contributed by atoms with Crippen molar-refractivity contribution in [1.82, 2.24) is 19.9 Å². The van der Waals surface area contributed by atoms with Crippen molar-refractivity contribution in [2.24, 2.45) is 0 Å². The number of hydrogen-bond donors (Lipinski definition) is 2. The minimum absolute atomic E-state index is 0.00753. The lowest BCUT2D eigenvalue weighted by Gasteiger charge is -2.22. The number of carbonyl (C=O) groups excluding carboxylic acids is 4. The van der Waals surface area contributed by atoms with Gasteiger partial charge in [-0.2, -0.15) is 0 Å². The molecule has 1 aliphatic rings. The van der Waals surface area contributed by atoms with Crippen molar-refractivity contribution >= 4 is 52.6 Å². The third-order valence-electron chi connectivity index (χ3n) is 6.04. The van der Waals surface area contributed by atoms with E-state index in [4.69, 9.17) is 16.3 Å². The van der Waals surface area contributed by atoms with Crippen LogP contribution in [0.3, 0.4) is 0 Å². The Hall–Kier alpha value is -4.58. The van der Waals surface area contributed by atoms with E-state index in [9.17, 15) is 19.2 Å². The quantitative estimate of drug-likeness (QED) is 0.441. The van der Waals surface area contributed by atoms with Crippen molar-refractivity contribution in [2.45, 2.75) is 13.3 Å². The number of amides is 3. The fourth-order valence-electron chi connectivity index (χ4n) is 3.97. The molecule has 0 bridgehead atoms. The van der Waals surface area contributed by atoms with E-state index in [1.54, 1.807) is 17.9 Å². The van der Waals surface area contributed by atoms with Crippen LogP contribution >= 0.6 is 11.6 Å². The maximum Gasteiger partial charge on any atom is 0.337 e. The van der Waals surface area contributed by atoms with Gasteiger partial charge in [-0.1, -0.05) is 11.6 Å². The number of rotatable bonds is 6. The lowest BCUT2D eigenvalue weighted by atomic mass is 10.1. The Labute approximate surface area is 229 Å². The van der Waals surface area contributed by atoms with E-state index in [-0.39, 0.29) is 34.2 Å². The Morgan fingerprint density at radius 1 is 0.897 bits per heavy atom. The van der Waals surface area contributed by atoms with Crippen LogP contribution in [0.4, 0.5) is 17.3 Å². The monoisotopic (exact) mass is 551 g/mol. The number of nitrogens with zero attached hydrogens (tertiary/aromatic N) is 5. The van der Waals surface area contributed by atoms with Gasteiger partial charge in [-0.15, -0.1) is 0 Å². The summed E-state index contributed by atoms with van der Waals surface area (Å²) < 4.78 is 4.76. The molecule has 1 aliphatic heterocycles. The number of hydrogen-bond acceptors (Lipinski definition) is 9. The van der Waals surface area contributed by atoms with Gasteiger partial charge in [-0.25, -0.2) is 19.7 Å². The molecule has 0 spiro atoms. The molecule has 3 heterocycles. The Morgan fingerprint density at radius 3 is 2.38 bits per heavy atom. The molecular formula is C26H26ClN7O5. The second-order valence-corrected chi connectivity index (χ2v) is 9.06. The van der Waals surface area contributed by atoms with Crippen LogP contribution in [0, 0.1) is 0 Å². The number of halogens is 1. The first-order valence-corrected chi connectivity index (χ1v) is 12.4. The number of pyridine rings is 1. The van der Waals surface area contributed by atoms with Gasteiger partial charge in [-0.05, 0) is 36.8 Å². The van der Waals surface area contributed by atoms with Gasteiger partial charge < -0.3 is 25.2 Å². The van der Waals surface area contributed by atoms with Gasteiger partial charge in [0.25, 0.3) is 11.8 Å². The molecule has 2 aromatic heterocycles. The van der Waals surface area contributed by atoms with Gasteiger partial charge in [0.2, 0.25) is 5.91 Å². The second-order valence-electron chi connectivity index (χ2n) is 8.63. The minimum atomic E-state index is -0.637. The highest BCUT2D eigenvalue weighted by Gasteiger charge is 2.21. The normalized spacial score (nSPS) is 13.3. The van der Waals surface area contributed by atoms with Crippen molar-refractivity contribution in [1.29, 1.82) is 0 Å². The van der Waals surface area contributed by atoms with E-state index in [0.717, 1.165) is 6.42 Å². The number of methoxy groups -OCH3 is 1. The third kappa shape index (κ3) is 6.85. The van der Waals surface area contributed by atoms with Crippen LogP contribution in [0.15, 0.2) is 48.9 Å². The average molecular weight is 552 g/mol. The first-order chi connectivity index (χ1) is 18.7. The Morgan fingerprint density at radius 2 is 1.72 bits per heavy atom. The van der Waals surface area contributed by atoms with Crippen LogP contribution in [0.1, 0.15) is 44.5 Å². The maximum absolute atomic E-state index is 13.0. The van der Waals surface area contributed by atoms with Crippen molar-refractivity contribution in [2.75, 3.05) is 48.8 Å². The predicted molar refractivity (Wildman–Crippen MR) is 144 cm³/mol. The molecule has 3 amide bonds. The minimum Gasteiger partial charge on any atom is -0.465 e. The van der Waals surface area contributed by atoms with E-state index < -0.39 is 17.8 Å². The topological polar surface area (TPSA) is 147 Å². The Bertz CT molecular complexity index is 1380. The van der Waals surface area contributed by atoms with E-state index in [1.165, 1.54) is 50.0 Å². The smallest absolute Gasteiger partial charge is 0.337 e. The lowest BCUT2D eigenvalue weighted by Crippen LogP contribution is -2.34. The highest BCUT2D eigenvalue weighted by atomic mass is 35.5. The summed E-state index contributed by atoms with van der Waals surface area (Å²) in [7, 11) is 1.23. The van der Waals surface area contributed by atoms with Crippen LogP contribution in [0.2, 0.25) is 5.02 Å². The molecule has 0 unspecified atom stereocenters. The zero-order chi connectivity index (χ0) is 27.9. The highest BCUT2D eigenvalue weighted by Crippen LogP contribution is 2.22. The van der Waals surface area contributed by atoms with Crippen LogP contribution in [0.25, 0.3) is 0 Å². The van der Waals surface area contributed by atoms with Gasteiger partial charge >= 0.3 is 5.97 Å². The number of benzene rings is 1. The Kier molecular flexibility index (Phi) is 8.67. The van der Waals surface area contributed by atoms with Crippen LogP contribution < -0.4 is 15.5 Å². The molecule has 13 heteroatoms. The molecule has 1 aromatic carbocycles. The molecule has 4 rings (SSSR count). The highest BCUT2D eigenvalue weighted by molar-refractivity contribution is 6.30. The first-order valence-electron chi connectivity index (χ1n) is 12.0. The molecule has 39 heavy (non-hydrogen) atoms. The number of carbonyl (C=O) groups is 4. The van der Waals surface area contributed by atoms with E-state index in [2.05, 4.69) is 25.6 Å².